The molecule has 1 fully saturated rings. The predicted molar refractivity (Wildman–Crippen MR) is 89.7 cm³/mol. The van der Waals surface area contributed by atoms with Crippen molar-refractivity contribution in [2.75, 3.05) is 18.4 Å². The molecule has 1 aromatic heterocycles. The Balaban J connectivity index is 1.52. The monoisotopic (exact) mass is 362 g/mol. The zero-order valence-electron chi connectivity index (χ0n) is 12.3. The van der Waals surface area contributed by atoms with Crippen molar-refractivity contribution in [3.63, 3.8) is 0 Å². The van der Waals surface area contributed by atoms with Crippen LogP contribution in [0.4, 0.5) is 5.69 Å². The predicted octanol–water partition coefficient (Wildman–Crippen LogP) is 2.44. The van der Waals surface area contributed by atoms with Crippen LogP contribution < -0.4 is 10.6 Å². The second-order valence-corrected chi connectivity index (χ2v) is 6.46. The number of rotatable bonds is 5. The fourth-order valence-electron chi connectivity index (χ4n) is 2.58. The van der Waals surface area contributed by atoms with Gasteiger partial charge >= 0.3 is 0 Å². The summed E-state index contributed by atoms with van der Waals surface area (Å²) < 4.78 is 2.90. The first-order valence-electron chi connectivity index (χ1n) is 7.49. The van der Waals surface area contributed by atoms with Crippen molar-refractivity contribution in [2.45, 2.75) is 19.4 Å². The Hall–Kier alpha value is -1.66. The van der Waals surface area contributed by atoms with E-state index < -0.39 is 0 Å². The standard InChI is InChI=1S/C16H19BrN4O/c17-14-10-19-21(11-14)8-6-12-1-3-15(4-2-12)20-16(22)13-5-7-18-9-13/h1-4,10-11,13,18H,5-9H2,(H,20,22). The van der Waals surface area contributed by atoms with Gasteiger partial charge in [0, 0.05) is 25.0 Å². The maximum atomic E-state index is 12.0. The van der Waals surface area contributed by atoms with Gasteiger partial charge in [-0.3, -0.25) is 9.48 Å². The number of hydrogen-bond donors (Lipinski definition) is 2. The summed E-state index contributed by atoms with van der Waals surface area (Å²) in [4.78, 5) is 12.0. The van der Waals surface area contributed by atoms with Crippen LogP contribution in [0.2, 0.25) is 0 Å². The summed E-state index contributed by atoms with van der Waals surface area (Å²) in [6.45, 7) is 2.55. The Morgan fingerprint density at radius 2 is 2.23 bits per heavy atom. The number of halogens is 1. The van der Waals surface area contributed by atoms with Crippen LogP contribution in [0.25, 0.3) is 0 Å². The van der Waals surface area contributed by atoms with Gasteiger partial charge in [0.15, 0.2) is 0 Å². The van der Waals surface area contributed by atoms with Gasteiger partial charge in [-0.25, -0.2) is 0 Å². The number of aryl methyl sites for hydroxylation is 2. The summed E-state index contributed by atoms with van der Waals surface area (Å²) in [6, 6.07) is 8.05. The summed E-state index contributed by atoms with van der Waals surface area (Å²) >= 11 is 3.39. The molecule has 0 saturated carbocycles. The molecule has 1 atom stereocenters. The van der Waals surface area contributed by atoms with Crippen LogP contribution in [-0.2, 0) is 17.8 Å². The Morgan fingerprint density at radius 1 is 1.41 bits per heavy atom. The van der Waals surface area contributed by atoms with Crippen LogP contribution in [0.3, 0.4) is 0 Å². The van der Waals surface area contributed by atoms with Crippen LogP contribution >= 0.6 is 15.9 Å². The number of hydrogen-bond acceptors (Lipinski definition) is 3. The molecule has 2 aromatic rings. The van der Waals surface area contributed by atoms with Crippen LogP contribution in [0.5, 0.6) is 0 Å². The van der Waals surface area contributed by atoms with E-state index in [-0.39, 0.29) is 11.8 Å². The average molecular weight is 363 g/mol. The van der Waals surface area contributed by atoms with E-state index in [2.05, 4.69) is 43.8 Å². The van der Waals surface area contributed by atoms with Crippen molar-refractivity contribution in [1.29, 1.82) is 0 Å². The second kappa shape index (κ2) is 7.07. The Morgan fingerprint density at radius 3 is 2.86 bits per heavy atom. The molecule has 116 valence electrons. The first-order chi connectivity index (χ1) is 10.7. The first-order valence-corrected chi connectivity index (χ1v) is 8.28. The number of nitrogens with zero attached hydrogens (tertiary/aromatic N) is 2. The molecule has 0 radical (unpaired) electrons. The molecule has 1 amide bonds. The molecule has 0 spiro atoms. The molecule has 1 saturated heterocycles. The molecular formula is C16H19BrN4O. The topological polar surface area (TPSA) is 59.0 Å². The molecule has 1 aromatic carbocycles. The molecule has 0 aliphatic carbocycles. The van der Waals surface area contributed by atoms with Crippen molar-refractivity contribution >= 4 is 27.5 Å². The first kappa shape index (κ1) is 15.2. The van der Waals surface area contributed by atoms with Gasteiger partial charge < -0.3 is 10.6 Å². The number of carbonyl (C=O) groups is 1. The summed E-state index contributed by atoms with van der Waals surface area (Å²) in [7, 11) is 0. The lowest BCUT2D eigenvalue weighted by molar-refractivity contribution is -0.119. The third kappa shape index (κ3) is 3.96. The number of amides is 1. The van der Waals surface area contributed by atoms with Crippen molar-refractivity contribution in [3.8, 4) is 0 Å². The van der Waals surface area contributed by atoms with Gasteiger partial charge in [-0.2, -0.15) is 5.10 Å². The third-order valence-corrected chi connectivity index (χ3v) is 4.29. The second-order valence-electron chi connectivity index (χ2n) is 5.55. The van der Waals surface area contributed by atoms with Gasteiger partial charge in [-0.1, -0.05) is 12.1 Å². The lowest BCUT2D eigenvalue weighted by Crippen LogP contribution is -2.24. The Labute approximate surface area is 138 Å². The van der Waals surface area contributed by atoms with Gasteiger partial charge in [0.05, 0.1) is 16.6 Å². The SMILES string of the molecule is O=C(Nc1ccc(CCn2cc(Br)cn2)cc1)C1CCNC1. The lowest BCUT2D eigenvalue weighted by Gasteiger charge is -2.10. The summed E-state index contributed by atoms with van der Waals surface area (Å²) in [5.74, 6) is 0.206. The van der Waals surface area contributed by atoms with Crippen LogP contribution in [0, 0.1) is 5.92 Å². The number of benzene rings is 1. The van der Waals surface area contributed by atoms with E-state index in [4.69, 9.17) is 0 Å². The average Bonchev–Trinajstić information content (AvgIpc) is 3.18. The molecule has 6 heteroatoms. The fourth-order valence-corrected chi connectivity index (χ4v) is 2.91. The van der Waals surface area contributed by atoms with E-state index in [1.54, 1.807) is 6.20 Å². The van der Waals surface area contributed by atoms with Gasteiger partial charge in [0.1, 0.15) is 0 Å². The molecule has 1 aliphatic heterocycles. The van der Waals surface area contributed by atoms with Gasteiger partial charge in [-0.05, 0) is 53.0 Å². The van der Waals surface area contributed by atoms with Crippen molar-refractivity contribution in [2.24, 2.45) is 5.92 Å². The van der Waals surface area contributed by atoms with E-state index in [1.807, 2.05) is 23.0 Å². The maximum Gasteiger partial charge on any atom is 0.228 e. The van der Waals surface area contributed by atoms with E-state index in [0.29, 0.717) is 0 Å². The molecule has 2 N–H and O–H groups in total. The van der Waals surface area contributed by atoms with Gasteiger partial charge in [0.2, 0.25) is 5.91 Å². The quantitative estimate of drug-likeness (QED) is 0.858. The maximum absolute atomic E-state index is 12.0. The molecule has 22 heavy (non-hydrogen) atoms. The number of aromatic nitrogens is 2. The summed E-state index contributed by atoms with van der Waals surface area (Å²) in [6.07, 6.45) is 5.58. The minimum Gasteiger partial charge on any atom is -0.326 e. The molecule has 1 aliphatic rings. The minimum atomic E-state index is 0.0953. The highest BCUT2D eigenvalue weighted by Gasteiger charge is 2.22. The lowest BCUT2D eigenvalue weighted by atomic mass is 10.1. The van der Waals surface area contributed by atoms with Crippen molar-refractivity contribution < 1.29 is 4.79 Å². The molecule has 1 unspecified atom stereocenters. The van der Waals surface area contributed by atoms with Crippen molar-refractivity contribution in [3.05, 3.63) is 46.7 Å². The number of carbonyl (C=O) groups excluding carboxylic acids is 1. The zero-order chi connectivity index (χ0) is 15.4. The molecule has 2 heterocycles. The third-order valence-electron chi connectivity index (χ3n) is 3.88. The molecule has 0 bridgehead atoms. The van der Waals surface area contributed by atoms with E-state index in [9.17, 15) is 4.79 Å². The normalized spacial score (nSPS) is 17.6. The highest BCUT2D eigenvalue weighted by Crippen LogP contribution is 2.15. The minimum absolute atomic E-state index is 0.0953. The fraction of sp³-hybridized carbons (Fsp3) is 0.375. The van der Waals surface area contributed by atoms with Crippen LogP contribution in [-0.4, -0.2) is 28.8 Å². The number of nitrogens with one attached hydrogen (secondary N) is 2. The highest BCUT2D eigenvalue weighted by molar-refractivity contribution is 9.10. The Bertz CT molecular complexity index is 632. The molecule has 5 nitrogen and oxygen atoms in total. The van der Waals surface area contributed by atoms with E-state index in [0.717, 1.165) is 42.6 Å². The van der Waals surface area contributed by atoms with Gasteiger partial charge in [-0.15, -0.1) is 0 Å². The largest absolute Gasteiger partial charge is 0.326 e. The molecule has 3 rings (SSSR count). The van der Waals surface area contributed by atoms with Crippen LogP contribution in [0.1, 0.15) is 12.0 Å². The zero-order valence-corrected chi connectivity index (χ0v) is 13.8. The molecular weight excluding hydrogens is 344 g/mol. The van der Waals surface area contributed by atoms with E-state index in [1.165, 1.54) is 5.56 Å². The summed E-state index contributed by atoms with van der Waals surface area (Å²) in [5.41, 5.74) is 2.09. The smallest absolute Gasteiger partial charge is 0.228 e. The van der Waals surface area contributed by atoms with Crippen LogP contribution in [0.15, 0.2) is 41.1 Å². The van der Waals surface area contributed by atoms with Gasteiger partial charge in [0.25, 0.3) is 0 Å². The highest BCUT2D eigenvalue weighted by atomic mass is 79.9. The van der Waals surface area contributed by atoms with Crippen molar-refractivity contribution in [1.82, 2.24) is 15.1 Å². The van der Waals surface area contributed by atoms with E-state index >= 15 is 0 Å². The summed E-state index contributed by atoms with van der Waals surface area (Å²) in [5, 5.41) is 10.4. The Kier molecular flexibility index (Phi) is 4.90. The number of anilines is 1.